The van der Waals surface area contributed by atoms with Gasteiger partial charge in [-0.3, -0.25) is 4.79 Å². The molecule has 0 saturated carbocycles. The van der Waals surface area contributed by atoms with Crippen LogP contribution >= 0.6 is 0 Å². The Balaban J connectivity index is 2.84. The third-order valence-electron chi connectivity index (χ3n) is 2.64. The predicted octanol–water partition coefficient (Wildman–Crippen LogP) is 1.67. The van der Waals surface area contributed by atoms with Crippen molar-refractivity contribution in [2.45, 2.75) is 32.2 Å². The van der Waals surface area contributed by atoms with Crippen LogP contribution in [0.3, 0.4) is 0 Å². The molecule has 0 heterocycles. The third-order valence-corrected chi connectivity index (χ3v) is 2.64. The molecule has 0 aliphatic rings. The molecule has 0 fully saturated rings. The largest absolute Gasteiger partial charge is 0.478 e. The molecule has 0 radical (unpaired) electrons. The Morgan fingerprint density at radius 3 is 2.56 bits per heavy atom. The van der Waals surface area contributed by atoms with E-state index in [1.807, 2.05) is 6.92 Å². The zero-order valence-electron chi connectivity index (χ0n) is 10.3. The first kappa shape index (κ1) is 14.2. The molecule has 0 aliphatic heterocycles. The normalized spacial score (nSPS) is 12.1. The van der Waals surface area contributed by atoms with Gasteiger partial charge >= 0.3 is 5.97 Å². The molecule has 5 N–H and O–H groups in total. The number of Topliss-reactive ketones (excluding diaryl/α,β-unsaturated/α-hetero) is 1. The fraction of sp³-hybridized carbons (Fsp3) is 0.385. The molecule has 1 atom stereocenters. The van der Waals surface area contributed by atoms with Crippen molar-refractivity contribution in [3.05, 3.63) is 29.3 Å². The number of carboxylic acid groups (broad SMARTS) is 1. The number of nitrogens with two attached hydrogens (primary N) is 2. The van der Waals surface area contributed by atoms with Crippen molar-refractivity contribution in [2.24, 2.45) is 5.73 Å². The Morgan fingerprint density at radius 1 is 1.33 bits per heavy atom. The molecule has 5 heteroatoms. The molecule has 0 aliphatic carbocycles. The average molecular weight is 250 g/mol. The van der Waals surface area contributed by atoms with Gasteiger partial charge in [-0.15, -0.1) is 0 Å². The number of hydrogen-bond acceptors (Lipinski definition) is 4. The molecular weight excluding hydrogens is 232 g/mol. The minimum absolute atomic E-state index is 0.00463. The predicted molar refractivity (Wildman–Crippen MR) is 69.6 cm³/mol. The molecule has 18 heavy (non-hydrogen) atoms. The lowest BCUT2D eigenvalue weighted by Gasteiger charge is -2.07. The van der Waals surface area contributed by atoms with E-state index in [0.717, 1.165) is 6.42 Å². The van der Waals surface area contributed by atoms with Gasteiger partial charge in [0.15, 0.2) is 5.78 Å². The van der Waals surface area contributed by atoms with Crippen LogP contribution in [0.15, 0.2) is 18.2 Å². The molecule has 0 amide bonds. The Bertz CT molecular complexity index is 456. The van der Waals surface area contributed by atoms with Crippen molar-refractivity contribution in [1.29, 1.82) is 0 Å². The molecule has 5 nitrogen and oxygen atoms in total. The van der Waals surface area contributed by atoms with E-state index in [1.165, 1.54) is 18.2 Å². The van der Waals surface area contributed by atoms with Crippen LogP contribution in [0.25, 0.3) is 0 Å². The highest BCUT2D eigenvalue weighted by Gasteiger charge is 2.16. The monoisotopic (exact) mass is 250 g/mol. The van der Waals surface area contributed by atoms with Crippen LogP contribution in [-0.4, -0.2) is 22.9 Å². The van der Waals surface area contributed by atoms with E-state index < -0.39 is 5.97 Å². The number of carbonyl (C=O) groups is 2. The summed E-state index contributed by atoms with van der Waals surface area (Å²) < 4.78 is 0. The molecule has 1 rings (SSSR count). The van der Waals surface area contributed by atoms with E-state index in [4.69, 9.17) is 16.6 Å². The number of rotatable bonds is 6. The van der Waals surface area contributed by atoms with Gasteiger partial charge in [-0.05, 0) is 38.0 Å². The number of carbonyl (C=O) groups excluding carboxylic acids is 1. The molecule has 1 aromatic carbocycles. The summed E-state index contributed by atoms with van der Waals surface area (Å²) in [5.74, 6) is -1.33. The van der Waals surface area contributed by atoms with Gasteiger partial charge in [-0.2, -0.15) is 0 Å². The Labute approximate surface area is 106 Å². The number of anilines is 1. The summed E-state index contributed by atoms with van der Waals surface area (Å²) in [6, 6.07) is 4.29. The van der Waals surface area contributed by atoms with E-state index in [2.05, 4.69) is 0 Å². The summed E-state index contributed by atoms with van der Waals surface area (Å²) in [6.07, 6.45) is 1.66. The lowest BCUT2D eigenvalue weighted by atomic mass is 9.98. The van der Waals surface area contributed by atoms with Gasteiger partial charge < -0.3 is 16.6 Å². The maximum Gasteiger partial charge on any atom is 0.336 e. The van der Waals surface area contributed by atoms with Gasteiger partial charge in [-0.1, -0.05) is 0 Å². The van der Waals surface area contributed by atoms with Gasteiger partial charge in [0.2, 0.25) is 0 Å². The van der Waals surface area contributed by atoms with Gasteiger partial charge in [-0.25, -0.2) is 4.79 Å². The van der Waals surface area contributed by atoms with Crippen molar-refractivity contribution in [2.75, 3.05) is 5.73 Å². The fourth-order valence-corrected chi connectivity index (χ4v) is 1.70. The topological polar surface area (TPSA) is 106 Å². The SMILES string of the molecule is CC(N)CCCC(=O)c1cc(N)ccc1C(=O)O. The third kappa shape index (κ3) is 3.85. The van der Waals surface area contributed by atoms with Crippen LogP contribution in [0.1, 0.15) is 46.9 Å². The fourth-order valence-electron chi connectivity index (χ4n) is 1.70. The van der Waals surface area contributed by atoms with Gasteiger partial charge in [0.1, 0.15) is 0 Å². The van der Waals surface area contributed by atoms with Gasteiger partial charge in [0.05, 0.1) is 5.56 Å². The molecule has 0 bridgehead atoms. The zero-order valence-corrected chi connectivity index (χ0v) is 10.3. The first-order valence-electron chi connectivity index (χ1n) is 5.83. The van der Waals surface area contributed by atoms with Gasteiger partial charge in [0, 0.05) is 23.7 Å². The lowest BCUT2D eigenvalue weighted by molar-refractivity contribution is 0.0691. The minimum atomic E-state index is -1.12. The summed E-state index contributed by atoms with van der Waals surface area (Å²) in [5.41, 5.74) is 11.7. The zero-order chi connectivity index (χ0) is 13.7. The van der Waals surface area contributed by atoms with Crippen molar-refractivity contribution in [3.63, 3.8) is 0 Å². The second-order valence-electron chi connectivity index (χ2n) is 4.40. The van der Waals surface area contributed by atoms with E-state index in [9.17, 15) is 9.59 Å². The van der Waals surface area contributed by atoms with Crippen LogP contribution in [0.5, 0.6) is 0 Å². The smallest absolute Gasteiger partial charge is 0.336 e. The van der Waals surface area contributed by atoms with E-state index in [1.54, 1.807) is 0 Å². The van der Waals surface area contributed by atoms with Crippen molar-refractivity contribution < 1.29 is 14.7 Å². The number of benzene rings is 1. The number of hydrogen-bond donors (Lipinski definition) is 3. The van der Waals surface area contributed by atoms with Crippen LogP contribution < -0.4 is 11.5 Å². The number of carboxylic acids is 1. The maximum absolute atomic E-state index is 11.9. The second-order valence-corrected chi connectivity index (χ2v) is 4.40. The first-order valence-corrected chi connectivity index (χ1v) is 5.83. The van der Waals surface area contributed by atoms with E-state index in [-0.39, 0.29) is 29.4 Å². The molecule has 0 aromatic heterocycles. The average Bonchev–Trinajstić information content (AvgIpc) is 2.27. The minimum Gasteiger partial charge on any atom is -0.478 e. The van der Waals surface area contributed by atoms with Crippen molar-refractivity contribution in [1.82, 2.24) is 0 Å². The molecule has 98 valence electrons. The number of aromatic carboxylic acids is 1. The molecule has 1 unspecified atom stereocenters. The van der Waals surface area contributed by atoms with Crippen LogP contribution in [0.2, 0.25) is 0 Å². The maximum atomic E-state index is 11.9. The second kappa shape index (κ2) is 6.16. The van der Waals surface area contributed by atoms with Crippen LogP contribution in [-0.2, 0) is 0 Å². The summed E-state index contributed by atoms with van der Waals surface area (Å²) >= 11 is 0. The quantitative estimate of drug-likeness (QED) is 0.526. The van der Waals surface area contributed by atoms with Crippen LogP contribution in [0.4, 0.5) is 5.69 Å². The van der Waals surface area contributed by atoms with E-state index >= 15 is 0 Å². The molecule has 1 aromatic rings. The summed E-state index contributed by atoms with van der Waals surface area (Å²) in [6.45, 7) is 1.87. The highest BCUT2D eigenvalue weighted by molar-refractivity contribution is 6.06. The summed E-state index contributed by atoms with van der Waals surface area (Å²) in [5, 5.41) is 9.01. The van der Waals surface area contributed by atoms with Crippen molar-refractivity contribution >= 4 is 17.4 Å². The molecule has 0 spiro atoms. The molecular formula is C13H18N2O3. The highest BCUT2D eigenvalue weighted by Crippen LogP contribution is 2.17. The Kier molecular flexibility index (Phi) is 4.85. The lowest BCUT2D eigenvalue weighted by Crippen LogP contribution is -2.15. The standard InChI is InChI=1S/C13H18N2O3/c1-8(14)3-2-4-12(16)11-7-9(15)5-6-10(11)13(17)18/h5-8H,2-4,14-15H2,1H3,(H,17,18). The number of ketones is 1. The first-order chi connectivity index (χ1) is 8.41. The highest BCUT2D eigenvalue weighted by atomic mass is 16.4. The van der Waals surface area contributed by atoms with Crippen LogP contribution in [0, 0.1) is 0 Å². The van der Waals surface area contributed by atoms with Crippen molar-refractivity contribution in [3.8, 4) is 0 Å². The molecule has 0 saturated heterocycles. The Morgan fingerprint density at radius 2 is 2.00 bits per heavy atom. The van der Waals surface area contributed by atoms with Gasteiger partial charge in [0.25, 0.3) is 0 Å². The Hall–Kier alpha value is -1.88. The number of nitrogen functional groups attached to an aromatic ring is 1. The van der Waals surface area contributed by atoms with E-state index in [0.29, 0.717) is 12.1 Å². The summed E-state index contributed by atoms with van der Waals surface area (Å²) in [4.78, 5) is 23.0. The summed E-state index contributed by atoms with van der Waals surface area (Å²) in [7, 11) is 0.